The van der Waals surface area contributed by atoms with Crippen LogP contribution in [0.5, 0.6) is 0 Å². The lowest BCUT2D eigenvalue weighted by molar-refractivity contribution is -0.126. The van der Waals surface area contributed by atoms with Crippen molar-refractivity contribution in [2.24, 2.45) is 29.4 Å². The van der Waals surface area contributed by atoms with E-state index in [0.717, 1.165) is 25.3 Å². The van der Waals surface area contributed by atoms with Crippen molar-refractivity contribution < 1.29 is 4.79 Å². The number of nitrogens with two attached hydrogens (primary N) is 1. The van der Waals surface area contributed by atoms with Gasteiger partial charge in [0.15, 0.2) is 0 Å². The minimum absolute atomic E-state index is 0.130. The molecule has 3 nitrogen and oxygen atoms in total. The summed E-state index contributed by atoms with van der Waals surface area (Å²) in [4.78, 5) is 12.2. The molecule has 3 N–H and O–H groups in total. The second kappa shape index (κ2) is 6.74. The van der Waals surface area contributed by atoms with Gasteiger partial charge < -0.3 is 11.1 Å². The SMILES string of the molecule is CC1CCC(CNC(=O)C(C)C2CCCC(N)C2)C1. The van der Waals surface area contributed by atoms with Crippen LogP contribution in [0.25, 0.3) is 0 Å². The molecule has 0 aliphatic heterocycles. The van der Waals surface area contributed by atoms with Crippen LogP contribution in [0.1, 0.15) is 58.8 Å². The van der Waals surface area contributed by atoms with Crippen LogP contribution in [-0.4, -0.2) is 18.5 Å². The van der Waals surface area contributed by atoms with E-state index in [1.54, 1.807) is 0 Å². The molecule has 5 atom stereocenters. The maximum absolute atomic E-state index is 12.2. The zero-order chi connectivity index (χ0) is 13.8. The third kappa shape index (κ3) is 4.20. The first-order chi connectivity index (χ1) is 9.06. The Bertz CT molecular complexity index is 305. The smallest absolute Gasteiger partial charge is 0.223 e. The fourth-order valence-corrected chi connectivity index (χ4v) is 3.85. The second-order valence-electron chi connectivity index (χ2n) is 7.00. The third-order valence-corrected chi connectivity index (χ3v) is 5.24. The molecule has 2 aliphatic rings. The van der Waals surface area contributed by atoms with Crippen molar-refractivity contribution in [3.05, 3.63) is 0 Å². The highest BCUT2D eigenvalue weighted by molar-refractivity contribution is 5.78. The van der Waals surface area contributed by atoms with Gasteiger partial charge >= 0.3 is 0 Å². The Morgan fingerprint density at radius 1 is 1.26 bits per heavy atom. The summed E-state index contributed by atoms with van der Waals surface area (Å²) in [6, 6.07) is 0.310. The topological polar surface area (TPSA) is 55.1 Å². The van der Waals surface area contributed by atoms with E-state index in [9.17, 15) is 4.79 Å². The van der Waals surface area contributed by atoms with E-state index >= 15 is 0 Å². The van der Waals surface area contributed by atoms with Gasteiger partial charge in [-0.1, -0.05) is 26.7 Å². The van der Waals surface area contributed by atoms with Crippen molar-refractivity contribution in [3.63, 3.8) is 0 Å². The Hall–Kier alpha value is -0.570. The Labute approximate surface area is 117 Å². The van der Waals surface area contributed by atoms with Gasteiger partial charge in [0.25, 0.3) is 0 Å². The molecule has 19 heavy (non-hydrogen) atoms. The summed E-state index contributed by atoms with van der Waals surface area (Å²) in [6.45, 7) is 5.27. The number of hydrogen-bond acceptors (Lipinski definition) is 2. The lowest BCUT2D eigenvalue weighted by Crippen LogP contribution is -2.39. The molecule has 3 heteroatoms. The van der Waals surface area contributed by atoms with E-state index in [-0.39, 0.29) is 11.8 Å². The maximum atomic E-state index is 12.2. The highest BCUT2D eigenvalue weighted by Crippen LogP contribution is 2.31. The Kier molecular flexibility index (Phi) is 5.26. The van der Waals surface area contributed by atoms with Crippen LogP contribution in [0, 0.1) is 23.7 Å². The fourth-order valence-electron chi connectivity index (χ4n) is 3.85. The van der Waals surface area contributed by atoms with Crippen LogP contribution < -0.4 is 11.1 Å². The largest absolute Gasteiger partial charge is 0.356 e. The predicted molar refractivity (Wildman–Crippen MR) is 78.6 cm³/mol. The molecule has 0 aromatic carbocycles. The number of carbonyl (C=O) groups excluding carboxylic acids is 1. The first-order valence-corrected chi connectivity index (χ1v) is 8.09. The van der Waals surface area contributed by atoms with Crippen molar-refractivity contribution in [1.29, 1.82) is 0 Å². The van der Waals surface area contributed by atoms with Crippen LogP contribution in [-0.2, 0) is 4.79 Å². The Balaban J connectivity index is 1.72. The van der Waals surface area contributed by atoms with Gasteiger partial charge in [-0.25, -0.2) is 0 Å². The molecule has 5 unspecified atom stereocenters. The number of amides is 1. The van der Waals surface area contributed by atoms with Crippen LogP contribution in [0.3, 0.4) is 0 Å². The summed E-state index contributed by atoms with van der Waals surface area (Å²) < 4.78 is 0. The molecule has 0 heterocycles. The van der Waals surface area contributed by atoms with Gasteiger partial charge in [0.1, 0.15) is 0 Å². The molecule has 2 fully saturated rings. The summed E-state index contributed by atoms with van der Waals surface area (Å²) >= 11 is 0. The first-order valence-electron chi connectivity index (χ1n) is 8.09. The minimum Gasteiger partial charge on any atom is -0.356 e. The molecule has 1 amide bonds. The highest BCUT2D eigenvalue weighted by Gasteiger charge is 2.29. The quantitative estimate of drug-likeness (QED) is 0.822. The molecular formula is C16H30N2O. The average molecular weight is 266 g/mol. The zero-order valence-electron chi connectivity index (χ0n) is 12.5. The summed E-state index contributed by atoms with van der Waals surface area (Å²) in [6.07, 6.45) is 8.40. The molecule has 0 spiro atoms. The predicted octanol–water partition coefficient (Wildman–Crippen LogP) is 2.69. The summed E-state index contributed by atoms with van der Waals surface area (Å²) in [5, 5.41) is 3.18. The number of carbonyl (C=O) groups is 1. The van der Waals surface area contributed by atoms with Crippen molar-refractivity contribution in [2.45, 2.75) is 64.8 Å². The van der Waals surface area contributed by atoms with E-state index in [2.05, 4.69) is 19.2 Å². The van der Waals surface area contributed by atoms with Crippen LogP contribution in [0.15, 0.2) is 0 Å². The zero-order valence-corrected chi connectivity index (χ0v) is 12.5. The standard InChI is InChI=1S/C16H30N2O/c1-11-6-7-13(8-11)10-18-16(19)12(2)14-4-3-5-15(17)9-14/h11-15H,3-10,17H2,1-2H3,(H,18,19). The summed E-state index contributed by atoms with van der Waals surface area (Å²) in [5.74, 6) is 2.42. The molecular weight excluding hydrogens is 236 g/mol. The molecule has 0 saturated heterocycles. The van der Waals surface area contributed by atoms with Crippen molar-refractivity contribution in [2.75, 3.05) is 6.54 Å². The lowest BCUT2D eigenvalue weighted by Gasteiger charge is -2.30. The molecule has 110 valence electrons. The van der Waals surface area contributed by atoms with Crippen molar-refractivity contribution in [3.8, 4) is 0 Å². The van der Waals surface area contributed by atoms with E-state index in [1.165, 1.54) is 32.1 Å². The monoisotopic (exact) mass is 266 g/mol. The normalized spacial score (nSPS) is 37.0. The van der Waals surface area contributed by atoms with Crippen LogP contribution in [0.2, 0.25) is 0 Å². The fraction of sp³-hybridized carbons (Fsp3) is 0.938. The van der Waals surface area contributed by atoms with Gasteiger partial charge in [-0.15, -0.1) is 0 Å². The number of hydrogen-bond donors (Lipinski definition) is 2. The van der Waals surface area contributed by atoms with Gasteiger partial charge in [-0.3, -0.25) is 4.79 Å². The third-order valence-electron chi connectivity index (χ3n) is 5.24. The lowest BCUT2D eigenvalue weighted by atomic mass is 9.78. The van der Waals surface area contributed by atoms with Gasteiger partial charge in [-0.2, -0.15) is 0 Å². The van der Waals surface area contributed by atoms with Gasteiger partial charge in [0, 0.05) is 18.5 Å². The van der Waals surface area contributed by atoms with E-state index in [0.29, 0.717) is 17.9 Å². The van der Waals surface area contributed by atoms with Crippen molar-refractivity contribution in [1.82, 2.24) is 5.32 Å². The number of rotatable bonds is 4. The first kappa shape index (κ1) is 14.8. The van der Waals surface area contributed by atoms with E-state index in [4.69, 9.17) is 5.73 Å². The maximum Gasteiger partial charge on any atom is 0.223 e. The van der Waals surface area contributed by atoms with Gasteiger partial charge in [0.05, 0.1) is 0 Å². The molecule has 0 aromatic rings. The molecule has 0 bridgehead atoms. The van der Waals surface area contributed by atoms with Crippen LogP contribution in [0.4, 0.5) is 0 Å². The molecule has 2 saturated carbocycles. The highest BCUT2D eigenvalue weighted by atomic mass is 16.1. The molecule has 2 rings (SSSR count). The van der Waals surface area contributed by atoms with Gasteiger partial charge in [-0.05, 0) is 49.9 Å². The van der Waals surface area contributed by atoms with Crippen molar-refractivity contribution >= 4 is 5.91 Å². The molecule has 0 aromatic heterocycles. The number of nitrogens with one attached hydrogen (secondary N) is 1. The average Bonchev–Trinajstić information content (AvgIpc) is 2.81. The van der Waals surface area contributed by atoms with E-state index < -0.39 is 0 Å². The van der Waals surface area contributed by atoms with E-state index in [1.807, 2.05) is 0 Å². The molecule has 2 aliphatic carbocycles. The molecule has 0 radical (unpaired) electrons. The summed E-state index contributed by atoms with van der Waals surface area (Å²) in [7, 11) is 0. The second-order valence-corrected chi connectivity index (χ2v) is 7.00. The Morgan fingerprint density at radius 3 is 2.68 bits per heavy atom. The minimum atomic E-state index is 0.130. The summed E-state index contributed by atoms with van der Waals surface area (Å²) in [5.41, 5.74) is 6.02. The Morgan fingerprint density at radius 2 is 2.05 bits per heavy atom. The van der Waals surface area contributed by atoms with Crippen LogP contribution >= 0.6 is 0 Å². The van der Waals surface area contributed by atoms with Gasteiger partial charge in [0.2, 0.25) is 5.91 Å².